The highest BCUT2D eigenvalue weighted by atomic mass is 16.5. The SMILES string of the molecule is CC(C)Oc1cccc2c1NCC(C1CCCCC1)N2. The van der Waals surface area contributed by atoms with Crippen LogP contribution in [0.4, 0.5) is 11.4 Å². The highest BCUT2D eigenvalue weighted by Crippen LogP contribution is 2.38. The van der Waals surface area contributed by atoms with Crippen molar-refractivity contribution in [2.45, 2.75) is 58.1 Å². The molecule has 1 heterocycles. The maximum atomic E-state index is 5.89. The highest BCUT2D eigenvalue weighted by Gasteiger charge is 2.28. The van der Waals surface area contributed by atoms with E-state index in [1.807, 2.05) is 0 Å². The third kappa shape index (κ3) is 2.87. The average molecular weight is 274 g/mol. The van der Waals surface area contributed by atoms with Crippen LogP contribution in [0.2, 0.25) is 0 Å². The number of benzene rings is 1. The fraction of sp³-hybridized carbons (Fsp3) is 0.647. The lowest BCUT2D eigenvalue weighted by atomic mass is 9.83. The quantitative estimate of drug-likeness (QED) is 0.864. The van der Waals surface area contributed by atoms with Crippen LogP contribution in [-0.4, -0.2) is 18.7 Å². The molecule has 0 bridgehead atoms. The van der Waals surface area contributed by atoms with Crippen LogP contribution in [0.3, 0.4) is 0 Å². The minimum Gasteiger partial charge on any atom is -0.489 e. The van der Waals surface area contributed by atoms with Crippen LogP contribution in [0.5, 0.6) is 5.75 Å². The molecule has 3 rings (SSSR count). The molecule has 1 aliphatic carbocycles. The molecular formula is C17H26N2O. The minimum atomic E-state index is 0.208. The number of para-hydroxylation sites is 1. The lowest BCUT2D eigenvalue weighted by molar-refractivity contribution is 0.243. The minimum absolute atomic E-state index is 0.208. The van der Waals surface area contributed by atoms with Crippen LogP contribution in [0, 0.1) is 5.92 Å². The lowest BCUT2D eigenvalue weighted by Gasteiger charge is -2.36. The van der Waals surface area contributed by atoms with Crippen LogP contribution in [0.25, 0.3) is 0 Å². The molecule has 110 valence electrons. The van der Waals surface area contributed by atoms with E-state index in [0.29, 0.717) is 6.04 Å². The number of hydrogen-bond acceptors (Lipinski definition) is 3. The number of nitrogens with one attached hydrogen (secondary N) is 2. The molecule has 0 radical (unpaired) electrons. The number of fused-ring (bicyclic) bond motifs is 1. The molecule has 0 aromatic heterocycles. The second-order valence-corrected chi connectivity index (χ2v) is 6.38. The lowest BCUT2D eigenvalue weighted by Crippen LogP contribution is -2.40. The topological polar surface area (TPSA) is 33.3 Å². The van der Waals surface area contributed by atoms with Crippen LogP contribution in [-0.2, 0) is 0 Å². The molecule has 1 atom stereocenters. The summed E-state index contributed by atoms with van der Waals surface area (Å²) in [5.74, 6) is 1.78. The molecule has 2 N–H and O–H groups in total. The summed E-state index contributed by atoms with van der Waals surface area (Å²) in [6.07, 6.45) is 7.16. The van der Waals surface area contributed by atoms with Crippen LogP contribution < -0.4 is 15.4 Å². The summed E-state index contributed by atoms with van der Waals surface area (Å²) in [4.78, 5) is 0. The van der Waals surface area contributed by atoms with Crippen molar-refractivity contribution in [3.8, 4) is 5.75 Å². The summed E-state index contributed by atoms with van der Waals surface area (Å²) >= 11 is 0. The van der Waals surface area contributed by atoms with Crippen molar-refractivity contribution >= 4 is 11.4 Å². The second-order valence-electron chi connectivity index (χ2n) is 6.38. The van der Waals surface area contributed by atoms with Gasteiger partial charge in [0.25, 0.3) is 0 Å². The van der Waals surface area contributed by atoms with Crippen molar-refractivity contribution in [3.63, 3.8) is 0 Å². The molecule has 2 aliphatic rings. The Morgan fingerprint density at radius 1 is 1.15 bits per heavy atom. The van der Waals surface area contributed by atoms with Gasteiger partial charge in [-0.05, 0) is 44.7 Å². The predicted octanol–water partition coefficient (Wildman–Crippen LogP) is 4.26. The maximum absolute atomic E-state index is 5.89. The molecule has 1 aliphatic heterocycles. The van der Waals surface area contributed by atoms with Crippen molar-refractivity contribution in [1.82, 2.24) is 0 Å². The van der Waals surface area contributed by atoms with Gasteiger partial charge in [0.1, 0.15) is 11.4 Å². The third-order valence-electron chi connectivity index (χ3n) is 4.45. The summed E-state index contributed by atoms with van der Waals surface area (Å²) in [5, 5.41) is 7.33. The zero-order valence-corrected chi connectivity index (χ0v) is 12.6. The van der Waals surface area contributed by atoms with Gasteiger partial charge in [0.05, 0.1) is 11.8 Å². The van der Waals surface area contributed by atoms with E-state index >= 15 is 0 Å². The smallest absolute Gasteiger partial charge is 0.144 e. The molecule has 1 aromatic carbocycles. The summed E-state index contributed by atoms with van der Waals surface area (Å²) in [7, 11) is 0. The van der Waals surface area contributed by atoms with E-state index in [9.17, 15) is 0 Å². The Balaban J connectivity index is 1.74. The monoisotopic (exact) mass is 274 g/mol. The Labute approximate surface area is 122 Å². The summed E-state index contributed by atoms with van der Waals surface area (Å²) in [6.45, 7) is 5.15. The first kappa shape index (κ1) is 13.6. The molecule has 3 heteroatoms. The normalized spacial score (nSPS) is 22.9. The zero-order valence-electron chi connectivity index (χ0n) is 12.6. The standard InChI is InChI=1S/C17H26N2O/c1-12(2)20-16-10-6-9-14-17(16)18-11-15(19-14)13-7-4-3-5-8-13/h6,9-10,12-13,15,18-19H,3-5,7-8,11H2,1-2H3. The van der Waals surface area contributed by atoms with Gasteiger partial charge in [-0.1, -0.05) is 25.3 Å². The Hall–Kier alpha value is -1.38. The molecule has 1 saturated carbocycles. The fourth-order valence-electron chi connectivity index (χ4n) is 3.47. The molecule has 3 nitrogen and oxygen atoms in total. The zero-order chi connectivity index (χ0) is 13.9. The summed E-state index contributed by atoms with van der Waals surface area (Å²) < 4.78 is 5.89. The van der Waals surface area contributed by atoms with E-state index < -0.39 is 0 Å². The van der Waals surface area contributed by atoms with Crippen molar-refractivity contribution in [1.29, 1.82) is 0 Å². The molecule has 0 spiro atoms. The number of anilines is 2. The van der Waals surface area contributed by atoms with Crippen molar-refractivity contribution in [2.75, 3.05) is 17.2 Å². The molecule has 0 amide bonds. The van der Waals surface area contributed by atoms with Gasteiger partial charge < -0.3 is 15.4 Å². The third-order valence-corrected chi connectivity index (χ3v) is 4.45. The van der Waals surface area contributed by atoms with E-state index in [4.69, 9.17) is 4.74 Å². The maximum Gasteiger partial charge on any atom is 0.144 e. The predicted molar refractivity (Wildman–Crippen MR) is 84.7 cm³/mol. The molecule has 0 saturated heterocycles. The Morgan fingerprint density at radius 2 is 1.95 bits per heavy atom. The van der Waals surface area contributed by atoms with Gasteiger partial charge in [0, 0.05) is 12.6 Å². The van der Waals surface area contributed by atoms with Gasteiger partial charge in [-0.2, -0.15) is 0 Å². The van der Waals surface area contributed by atoms with Crippen LogP contribution in [0.1, 0.15) is 46.0 Å². The molecule has 1 unspecified atom stereocenters. The largest absolute Gasteiger partial charge is 0.489 e. The number of ether oxygens (including phenoxy) is 1. The Kier molecular flexibility index (Phi) is 4.04. The van der Waals surface area contributed by atoms with E-state index in [2.05, 4.69) is 42.7 Å². The van der Waals surface area contributed by atoms with Gasteiger partial charge >= 0.3 is 0 Å². The average Bonchev–Trinajstić information content (AvgIpc) is 2.47. The highest BCUT2D eigenvalue weighted by molar-refractivity contribution is 5.77. The van der Waals surface area contributed by atoms with Gasteiger partial charge in [0.15, 0.2) is 0 Å². The van der Waals surface area contributed by atoms with Crippen LogP contribution in [0.15, 0.2) is 18.2 Å². The Bertz CT molecular complexity index is 452. The summed E-state index contributed by atoms with van der Waals surface area (Å²) in [5.41, 5.74) is 2.33. The van der Waals surface area contributed by atoms with Crippen molar-refractivity contribution in [2.24, 2.45) is 5.92 Å². The molecule has 1 aromatic rings. The Morgan fingerprint density at radius 3 is 2.70 bits per heavy atom. The second kappa shape index (κ2) is 5.94. The van der Waals surface area contributed by atoms with Crippen molar-refractivity contribution < 1.29 is 4.74 Å². The van der Waals surface area contributed by atoms with Gasteiger partial charge in [-0.25, -0.2) is 0 Å². The summed E-state index contributed by atoms with van der Waals surface area (Å²) in [6, 6.07) is 6.85. The molecule has 1 fully saturated rings. The van der Waals surface area contributed by atoms with Crippen molar-refractivity contribution in [3.05, 3.63) is 18.2 Å². The molecular weight excluding hydrogens is 248 g/mol. The molecule has 20 heavy (non-hydrogen) atoms. The van der Waals surface area contributed by atoms with Gasteiger partial charge in [-0.15, -0.1) is 0 Å². The van der Waals surface area contributed by atoms with Crippen LogP contribution >= 0.6 is 0 Å². The van der Waals surface area contributed by atoms with E-state index in [1.165, 1.54) is 37.8 Å². The van der Waals surface area contributed by atoms with E-state index in [0.717, 1.165) is 23.9 Å². The van der Waals surface area contributed by atoms with Gasteiger partial charge in [0.2, 0.25) is 0 Å². The number of hydrogen-bond donors (Lipinski definition) is 2. The first-order valence-corrected chi connectivity index (χ1v) is 8.04. The fourth-order valence-corrected chi connectivity index (χ4v) is 3.47. The number of rotatable bonds is 3. The first-order chi connectivity index (χ1) is 9.74. The van der Waals surface area contributed by atoms with E-state index in [-0.39, 0.29) is 6.10 Å². The first-order valence-electron chi connectivity index (χ1n) is 8.04. The van der Waals surface area contributed by atoms with Gasteiger partial charge in [-0.3, -0.25) is 0 Å². The van der Waals surface area contributed by atoms with E-state index in [1.54, 1.807) is 0 Å².